The van der Waals surface area contributed by atoms with Gasteiger partial charge in [-0.15, -0.1) is 0 Å². The summed E-state index contributed by atoms with van der Waals surface area (Å²) in [6.45, 7) is 4.66. The molecule has 2 unspecified atom stereocenters. The number of carbonyl (C=O) groups excluding carboxylic acids is 2. The van der Waals surface area contributed by atoms with Crippen molar-refractivity contribution in [2.75, 3.05) is 6.54 Å². The smallest absolute Gasteiger partial charge is 0.245 e. The molecule has 0 aromatic heterocycles. The van der Waals surface area contributed by atoms with Gasteiger partial charge in [0.15, 0.2) is 0 Å². The Labute approximate surface area is 125 Å². The van der Waals surface area contributed by atoms with Crippen LogP contribution < -0.4 is 11.1 Å². The Bertz CT molecular complexity index is 502. The molecule has 3 N–H and O–H groups in total. The molecule has 2 rings (SSSR count). The Balaban J connectivity index is 1.87. The van der Waals surface area contributed by atoms with Gasteiger partial charge in [0.1, 0.15) is 6.04 Å². The third-order valence-corrected chi connectivity index (χ3v) is 3.83. The van der Waals surface area contributed by atoms with E-state index in [9.17, 15) is 9.59 Å². The zero-order valence-corrected chi connectivity index (χ0v) is 12.6. The number of amides is 2. The predicted octanol–water partition coefficient (Wildman–Crippen LogP) is 1.20. The van der Waals surface area contributed by atoms with Crippen LogP contribution in [0.5, 0.6) is 0 Å². The van der Waals surface area contributed by atoms with Gasteiger partial charge in [-0.2, -0.15) is 0 Å². The molecule has 0 aliphatic carbocycles. The van der Waals surface area contributed by atoms with E-state index < -0.39 is 6.04 Å². The molecule has 1 aliphatic heterocycles. The van der Waals surface area contributed by atoms with Gasteiger partial charge in [-0.1, -0.05) is 30.3 Å². The van der Waals surface area contributed by atoms with Crippen molar-refractivity contribution in [1.29, 1.82) is 0 Å². The summed E-state index contributed by atoms with van der Waals surface area (Å²) in [7, 11) is 0. The van der Waals surface area contributed by atoms with E-state index in [0.717, 1.165) is 5.56 Å². The van der Waals surface area contributed by atoms with E-state index in [4.69, 9.17) is 5.73 Å². The Morgan fingerprint density at radius 3 is 2.62 bits per heavy atom. The second kappa shape index (κ2) is 6.72. The average Bonchev–Trinajstić information content (AvgIpc) is 2.81. The standard InChI is InChI=1S/C16H23N3O2/c1-11(2)19-9-8-14(16(19)21)18-15(20)10-13(17)12-6-4-3-5-7-12/h3-7,11,13-14H,8-10,17H2,1-2H3,(H,18,20). The van der Waals surface area contributed by atoms with Gasteiger partial charge in [-0.05, 0) is 25.8 Å². The van der Waals surface area contributed by atoms with Crippen molar-refractivity contribution in [3.63, 3.8) is 0 Å². The van der Waals surface area contributed by atoms with Gasteiger partial charge >= 0.3 is 0 Å². The van der Waals surface area contributed by atoms with E-state index in [-0.39, 0.29) is 30.3 Å². The van der Waals surface area contributed by atoms with Gasteiger partial charge in [-0.3, -0.25) is 9.59 Å². The van der Waals surface area contributed by atoms with Crippen LogP contribution in [-0.4, -0.2) is 35.3 Å². The molecule has 0 saturated carbocycles. The van der Waals surface area contributed by atoms with Crippen LogP contribution in [0.15, 0.2) is 30.3 Å². The van der Waals surface area contributed by atoms with Crippen LogP contribution in [0.2, 0.25) is 0 Å². The maximum Gasteiger partial charge on any atom is 0.245 e. The molecule has 114 valence electrons. The molecule has 0 radical (unpaired) electrons. The van der Waals surface area contributed by atoms with Crippen LogP contribution in [0.25, 0.3) is 0 Å². The van der Waals surface area contributed by atoms with Crippen LogP contribution in [0, 0.1) is 0 Å². The number of hydrogen-bond acceptors (Lipinski definition) is 3. The number of nitrogens with one attached hydrogen (secondary N) is 1. The minimum atomic E-state index is -0.400. The Morgan fingerprint density at radius 2 is 2.05 bits per heavy atom. The Kier molecular flexibility index (Phi) is 4.96. The molecule has 1 fully saturated rings. The maximum absolute atomic E-state index is 12.1. The molecule has 5 heteroatoms. The number of carbonyl (C=O) groups is 2. The van der Waals surface area contributed by atoms with Crippen LogP contribution in [0.1, 0.15) is 38.3 Å². The summed E-state index contributed by atoms with van der Waals surface area (Å²) in [5, 5.41) is 2.80. The predicted molar refractivity (Wildman–Crippen MR) is 81.4 cm³/mol. The van der Waals surface area contributed by atoms with Gasteiger partial charge in [-0.25, -0.2) is 0 Å². The number of rotatable bonds is 5. The van der Waals surface area contributed by atoms with Crippen molar-refractivity contribution in [2.45, 2.75) is 44.8 Å². The quantitative estimate of drug-likeness (QED) is 0.855. The lowest BCUT2D eigenvalue weighted by molar-refractivity contribution is -0.133. The van der Waals surface area contributed by atoms with Crippen molar-refractivity contribution in [1.82, 2.24) is 10.2 Å². The minimum absolute atomic E-state index is 0.00614. The second-order valence-electron chi connectivity index (χ2n) is 5.76. The Hall–Kier alpha value is -1.88. The fraction of sp³-hybridized carbons (Fsp3) is 0.500. The molecule has 5 nitrogen and oxygen atoms in total. The fourth-order valence-corrected chi connectivity index (χ4v) is 2.62. The SMILES string of the molecule is CC(C)N1CCC(NC(=O)CC(N)c2ccccc2)C1=O. The molecule has 0 bridgehead atoms. The lowest BCUT2D eigenvalue weighted by Gasteiger charge is -2.21. The summed E-state index contributed by atoms with van der Waals surface area (Å²) in [5.41, 5.74) is 6.95. The van der Waals surface area contributed by atoms with E-state index in [1.54, 1.807) is 4.90 Å². The molecule has 1 heterocycles. The number of nitrogens with two attached hydrogens (primary N) is 1. The lowest BCUT2D eigenvalue weighted by atomic mass is 10.0. The highest BCUT2D eigenvalue weighted by atomic mass is 16.2. The molecule has 0 spiro atoms. The van der Waals surface area contributed by atoms with Gasteiger partial charge < -0.3 is 16.0 Å². The first kappa shape index (κ1) is 15.5. The molecule has 1 aromatic carbocycles. The van der Waals surface area contributed by atoms with Crippen molar-refractivity contribution < 1.29 is 9.59 Å². The summed E-state index contributed by atoms with van der Waals surface area (Å²) in [6.07, 6.45) is 0.860. The summed E-state index contributed by atoms with van der Waals surface area (Å²) >= 11 is 0. The average molecular weight is 289 g/mol. The molecule has 1 saturated heterocycles. The zero-order chi connectivity index (χ0) is 15.4. The summed E-state index contributed by atoms with van der Waals surface area (Å²) in [6, 6.07) is 8.94. The first-order valence-corrected chi connectivity index (χ1v) is 7.39. The fourth-order valence-electron chi connectivity index (χ4n) is 2.62. The van der Waals surface area contributed by atoms with Gasteiger partial charge in [0.25, 0.3) is 0 Å². The normalized spacial score (nSPS) is 19.9. The van der Waals surface area contributed by atoms with Gasteiger partial charge in [0.05, 0.1) is 0 Å². The van der Waals surface area contributed by atoms with Crippen LogP contribution in [0.3, 0.4) is 0 Å². The van der Waals surface area contributed by atoms with E-state index >= 15 is 0 Å². The molecule has 1 aromatic rings. The minimum Gasteiger partial charge on any atom is -0.344 e. The van der Waals surface area contributed by atoms with Crippen LogP contribution in [0.4, 0.5) is 0 Å². The third-order valence-electron chi connectivity index (χ3n) is 3.83. The molecule has 2 atom stereocenters. The van der Waals surface area contributed by atoms with E-state index in [2.05, 4.69) is 5.32 Å². The lowest BCUT2D eigenvalue weighted by Crippen LogP contribution is -2.43. The third kappa shape index (κ3) is 3.82. The van der Waals surface area contributed by atoms with Crippen LogP contribution >= 0.6 is 0 Å². The number of hydrogen-bond donors (Lipinski definition) is 2. The van der Waals surface area contributed by atoms with Crippen molar-refractivity contribution in [2.24, 2.45) is 5.73 Å². The second-order valence-corrected chi connectivity index (χ2v) is 5.76. The highest BCUT2D eigenvalue weighted by molar-refractivity contribution is 5.89. The topological polar surface area (TPSA) is 75.4 Å². The zero-order valence-electron chi connectivity index (χ0n) is 12.6. The largest absolute Gasteiger partial charge is 0.344 e. The molecule has 21 heavy (non-hydrogen) atoms. The number of likely N-dealkylation sites (tertiary alicyclic amines) is 1. The van der Waals surface area contributed by atoms with Crippen LogP contribution in [-0.2, 0) is 9.59 Å². The first-order chi connectivity index (χ1) is 9.99. The molecular weight excluding hydrogens is 266 g/mol. The number of benzene rings is 1. The summed E-state index contributed by atoms with van der Waals surface area (Å²) in [5.74, 6) is -0.165. The van der Waals surface area contributed by atoms with Crippen molar-refractivity contribution in [3.05, 3.63) is 35.9 Å². The van der Waals surface area contributed by atoms with E-state index in [1.807, 2.05) is 44.2 Å². The Morgan fingerprint density at radius 1 is 1.38 bits per heavy atom. The van der Waals surface area contributed by atoms with E-state index in [0.29, 0.717) is 13.0 Å². The van der Waals surface area contributed by atoms with Gasteiger partial charge in [0.2, 0.25) is 11.8 Å². The van der Waals surface area contributed by atoms with Gasteiger partial charge in [0, 0.05) is 25.0 Å². The van der Waals surface area contributed by atoms with Crippen molar-refractivity contribution in [3.8, 4) is 0 Å². The van der Waals surface area contributed by atoms with Crippen molar-refractivity contribution >= 4 is 11.8 Å². The van der Waals surface area contributed by atoms with E-state index in [1.165, 1.54) is 0 Å². The highest BCUT2D eigenvalue weighted by Gasteiger charge is 2.34. The monoisotopic (exact) mass is 289 g/mol. The first-order valence-electron chi connectivity index (χ1n) is 7.39. The molecule has 1 aliphatic rings. The number of nitrogens with zero attached hydrogens (tertiary/aromatic N) is 1. The molecular formula is C16H23N3O2. The summed E-state index contributed by atoms with van der Waals surface area (Å²) < 4.78 is 0. The summed E-state index contributed by atoms with van der Waals surface area (Å²) in [4.78, 5) is 26.0. The highest BCUT2D eigenvalue weighted by Crippen LogP contribution is 2.16. The molecule has 2 amide bonds. The maximum atomic E-state index is 12.1.